The van der Waals surface area contributed by atoms with E-state index in [0.717, 1.165) is 5.56 Å². The van der Waals surface area contributed by atoms with Gasteiger partial charge in [-0.25, -0.2) is 4.39 Å². The average Bonchev–Trinajstić information content (AvgIpc) is 3.28. The lowest BCUT2D eigenvalue weighted by atomic mass is 10.1. The molecule has 0 unspecified atom stereocenters. The number of carbonyl (C=O) groups is 1. The second-order valence-corrected chi connectivity index (χ2v) is 5.94. The van der Waals surface area contributed by atoms with Crippen molar-refractivity contribution in [2.24, 2.45) is 0 Å². The monoisotopic (exact) mass is 374 g/mol. The summed E-state index contributed by atoms with van der Waals surface area (Å²) in [5, 5.41) is 6.53. The summed E-state index contributed by atoms with van der Waals surface area (Å²) in [4.78, 5) is 12.1. The lowest BCUT2D eigenvalue weighted by Crippen LogP contribution is -2.24. The van der Waals surface area contributed by atoms with Gasteiger partial charge in [-0.05, 0) is 30.3 Å². The van der Waals surface area contributed by atoms with Gasteiger partial charge in [0.05, 0.1) is 17.1 Å². The van der Waals surface area contributed by atoms with Gasteiger partial charge in [0, 0.05) is 11.6 Å². The van der Waals surface area contributed by atoms with Crippen LogP contribution in [0.1, 0.15) is 16.1 Å². The van der Waals surface area contributed by atoms with Gasteiger partial charge >= 0.3 is 0 Å². The largest absolute Gasteiger partial charge is 0.454 e. The quantitative estimate of drug-likeness (QED) is 0.752. The third kappa shape index (κ3) is 3.09. The van der Waals surface area contributed by atoms with Crippen molar-refractivity contribution < 1.29 is 23.2 Å². The van der Waals surface area contributed by atoms with Gasteiger partial charge in [-0.3, -0.25) is 4.79 Å². The van der Waals surface area contributed by atoms with Crippen LogP contribution in [0.25, 0.3) is 11.3 Å². The van der Waals surface area contributed by atoms with Gasteiger partial charge in [-0.15, -0.1) is 0 Å². The Morgan fingerprint density at radius 3 is 2.88 bits per heavy atom. The number of fused-ring (bicyclic) bond motifs is 1. The molecule has 8 heteroatoms. The Bertz CT molecular complexity index is 969. The first kappa shape index (κ1) is 16.4. The molecule has 0 bridgehead atoms. The van der Waals surface area contributed by atoms with Crippen LogP contribution in [-0.2, 0) is 6.54 Å². The van der Waals surface area contributed by atoms with Crippen molar-refractivity contribution in [3.63, 3.8) is 0 Å². The van der Waals surface area contributed by atoms with E-state index in [0.29, 0.717) is 23.0 Å². The molecule has 0 saturated heterocycles. The number of nitrogens with one attached hydrogen (secondary N) is 1. The zero-order chi connectivity index (χ0) is 18.1. The normalized spacial score (nSPS) is 12.2. The molecule has 2 heterocycles. The summed E-state index contributed by atoms with van der Waals surface area (Å²) < 4.78 is 29.6. The molecule has 132 valence electrons. The van der Waals surface area contributed by atoms with Gasteiger partial charge in [0.1, 0.15) is 11.5 Å². The highest BCUT2D eigenvalue weighted by molar-refractivity contribution is 6.33. The Kier molecular flexibility index (Phi) is 4.22. The van der Waals surface area contributed by atoms with Crippen LogP contribution in [0.3, 0.4) is 0 Å². The summed E-state index contributed by atoms with van der Waals surface area (Å²) in [6.45, 7) is 0.253. The molecule has 3 aromatic rings. The van der Waals surface area contributed by atoms with E-state index in [-0.39, 0.29) is 23.9 Å². The summed E-state index contributed by atoms with van der Waals surface area (Å²) >= 11 is 5.88. The Morgan fingerprint density at radius 2 is 2.04 bits per heavy atom. The van der Waals surface area contributed by atoms with Crippen LogP contribution < -0.4 is 14.8 Å². The molecule has 1 aliphatic rings. The number of amides is 1. The molecule has 0 atom stereocenters. The SMILES string of the molecule is O=C(NCc1cc(-c2ccc3c(c2)OCO3)on1)c1c(F)cccc1Cl. The summed E-state index contributed by atoms with van der Waals surface area (Å²) in [7, 11) is 0. The number of carbonyl (C=O) groups excluding carboxylic acids is 1. The van der Waals surface area contributed by atoms with E-state index in [1.807, 2.05) is 6.07 Å². The fourth-order valence-corrected chi connectivity index (χ4v) is 2.80. The van der Waals surface area contributed by atoms with Crippen molar-refractivity contribution >= 4 is 17.5 Å². The summed E-state index contributed by atoms with van der Waals surface area (Å²) in [5.74, 6) is 0.499. The molecule has 0 radical (unpaired) electrons. The van der Waals surface area contributed by atoms with E-state index in [9.17, 15) is 9.18 Å². The molecule has 0 aliphatic carbocycles. The first-order chi connectivity index (χ1) is 12.6. The first-order valence-corrected chi connectivity index (χ1v) is 8.07. The molecular formula is C18H12ClFN2O4. The molecule has 26 heavy (non-hydrogen) atoms. The van der Waals surface area contributed by atoms with Crippen LogP contribution in [0.15, 0.2) is 47.0 Å². The molecule has 0 saturated carbocycles. The van der Waals surface area contributed by atoms with Gasteiger partial charge in [-0.2, -0.15) is 0 Å². The Balaban J connectivity index is 1.46. The second-order valence-electron chi connectivity index (χ2n) is 5.53. The molecule has 1 aromatic heterocycles. The fourth-order valence-electron chi connectivity index (χ4n) is 2.55. The number of nitrogens with zero attached hydrogens (tertiary/aromatic N) is 1. The van der Waals surface area contributed by atoms with Crippen molar-refractivity contribution in [3.05, 3.63) is 64.6 Å². The Labute approximate surface area is 152 Å². The maximum atomic E-state index is 13.8. The van der Waals surface area contributed by atoms with Crippen molar-refractivity contribution in [1.29, 1.82) is 0 Å². The van der Waals surface area contributed by atoms with Crippen LogP contribution in [0.5, 0.6) is 11.5 Å². The first-order valence-electron chi connectivity index (χ1n) is 7.69. The van der Waals surface area contributed by atoms with Crippen LogP contribution >= 0.6 is 11.6 Å². The number of hydrogen-bond donors (Lipinski definition) is 1. The second kappa shape index (κ2) is 6.68. The minimum atomic E-state index is -0.684. The molecule has 0 fully saturated rings. The number of ether oxygens (including phenoxy) is 2. The van der Waals surface area contributed by atoms with Gasteiger partial charge in [0.15, 0.2) is 17.3 Å². The highest BCUT2D eigenvalue weighted by atomic mass is 35.5. The van der Waals surface area contributed by atoms with Crippen LogP contribution in [0.2, 0.25) is 5.02 Å². The summed E-state index contributed by atoms with van der Waals surface area (Å²) in [6, 6.07) is 11.1. The molecular weight excluding hydrogens is 363 g/mol. The van der Waals surface area contributed by atoms with Crippen LogP contribution in [0.4, 0.5) is 4.39 Å². The van der Waals surface area contributed by atoms with E-state index < -0.39 is 11.7 Å². The standard InChI is InChI=1S/C18H12ClFN2O4/c19-12-2-1-3-13(20)17(12)18(23)21-8-11-7-15(26-22-11)10-4-5-14-16(6-10)25-9-24-14/h1-7H,8-9H2,(H,21,23). The number of aromatic nitrogens is 1. The Morgan fingerprint density at radius 1 is 1.19 bits per heavy atom. The van der Waals surface area contributed by atoms with Gasteiger partial charge in [-0.1, -0.05) is 22.8 Å². The zero-order valence-electron chi connectivity index (χ0n) is 13.3. The van der Waals surface area contributed by atoms with E-state index in [1.54, 1.807) is 18.2 Å². The third-order valence-electron chi connectivity index (χ3n) is 3.84. The minimum absolute atomic E-state index is 0.0451. The molecule has 6 nitrogen and oxygen atoms in total. The number of benzene rings is 2. The molecule has 0 spiro atoms. The van der Waals surface area contributed by atoms with Gasteiger partial charge < -0.3 is 19.3 Å². The van der Waals surface area contributed by atoms with Crippen molar-refractivity contribution in [2.75, 3.05) is 6.79 Å². The van der Waals surface area contributed by atoms with Crippen LogP contribution in [0, 0.1) is 5.82 Å². The lowest BCUT2D eigenvalue weighted by molar-refractivity contribution is 0.0946. The number of hydrogen-bond acceptors (Lipinski definition) is 5. The van der Waals surface area contributed by atoms with E-state index in [4.69, 9.17) is 25.6 Å². The smallest absolute Gasteiger partial charge is 0.256 e. The van der Waals surface area contributed by atoms with Gasteiger partial charge in [0.25, 0.3) is 5.91 Å². The van der Waals surface area contributed by atoms with E-state index in [2.05, 4.69) is 10.5 Å². The number of rotatable bonds is 4. The molecule has 1 aliphatic heterocycles. The summed E-state index contributed by atoms with van der Waals surface area (Å²) in [5.41, 5.74) is 1.05. The molecule has 1 amide bonds. The number of halogens is 2. The predicted molar refractivity (Wildman–Crippen MR) is 90.6 cm³/mol. The van der Waals surface area contributed by atoms with Crippen LogP contribution in [-0.4, -0.2) is 17.9 Å². The summed E-state index contributed by atoms with van der Waals surface area (Å²) in [6.07, 6.45) is 0. The van der Waals surface area contributed by atoms with Gasteiger partial charge in [0.2, 0.25) is 6.79 Å². The Hall–Kier alpha value is -3.06. The topological polar surface area (TPSA) is 73.6 Å². The highest BCUT2D eigenvalue weighted by Gasteiger charge is 2.18. The predicted octanol–water partition coefficient (Wildman–Crippen LogP) is 3.79. The van der Waals surface area contributed by atoms with Crippen molar-refractivity contribution in [2.45, 2.75) is 6.54 Å². The van der Waals surface area contributed by atoms with Crippen molar-refractivity contribution in [1.82, 2.24) is 10.5 Å². The lowest BCUT2D eigenvalue weighted by Gasteiger charge is -2.05. The van der Waals surface area contributed by atoms with E-state index >= 15 is 0 Å². The third-order valence-corrected chi connectivity index (χ3v) is 4.15. The zero-order valence-corrected chi connectivity index (χ0v) is 14.0. The minimum Gasteiger partial charge on any atom is -0.454 e. The maximum Gasteiger partial charge on any atom is 0.256 e. The maximum absolute atomic E-state index is 13.8. The van der Waals surface area contributed by atoms with E-state index in [1.165, 1.54) is 18.2 Å². The van der Waals surface area contributed by atoms with Crippen molar-refractivity contribution in [3.8, 4) is 22.8 Å². The molecule has 4 rings (SSSR count). The molecule has 1 N–H and O–H groups in total. The molecule has 2 aromatic carbocycles. The average molecular weight is 375 g/mol. The highest BCUT2D eigenvalue weighted by Crippen LogP contribution is 2.36. The fraction of sp³-hybridized carbons (Fsp3) is 0.111.